The molecule has 1 aromatic carbocycles. The number of aryl methyl sites for hydroxylation is 1. The summed E-state index contributed by atoms with van der Waals surface area (Å²) in [4.78, 5) is 58.8. The summed E-state index contributed by atoms with van der Waals surface area (Å²) in [6, 6.07) is 5.88. The molecule has 254 valence electrons. The van der Waals surface area contributed by atoms with Gasteiger partial charge in [-0.15, -0.1) is 11.3 Å². The second-order valence-corrected chi connectivity index (χ2v) is 15.0. The van der Waals surface area contributed by atoms with Crippen molar-refractivity contribution in [2.75, 3.05) is 13.1 Å². The average molecular weight is 658 g/mol. The molecule has 12 heteroatoms. The summed E-state index contributed by atoms with van der Waals surface area (Å²) < 4.78 is 5.22. The summed E-state index contributed by atoms with van der Waals surface area (Å²) in [6.45, 7) is 15.3. The number of benzene rings is 1. The van der Waals surface area contributed by atoms with E-state index in [0.29, 0.717) is 25.8 Å². The number of thiazole rings is 1. The molecule has 4 N–H and O–H groups in total. The Bertz CT molecular complexity index is 1350. The minimum atomic E-state index is -0.880. The number of nitrogens with zero attached hydrogens (tertiary/aromatic N) is 2. The number of rotatable bonds is 12. The maximum absolute atomic E-state index is 13.9. The van der Waals surface area contributed by atoms with Crippen LogP contribution in [0.5, 0.6) is 0 Å². The van der Waals surface area contributed by atoms with Gasteiger partial charge in [-0.05, 0) is 64.0 Å². The Hall–Kier alpha value is -3.51. The lowest BCUT2D eigenvalue weighted by atomic mass is 9.85. The van der Waals surface area contributed by atoms with E-state index in [0.717, 1.165) is 21.7 Å². The quantitative estimate of drug-likeness (QED) is 0.238. The zero-order valence-corrected chi connectivity index (χ0v) is 29.3. The van der Waals surface area contributed by atoms with Crippen LogP contribution in [0.3, 0.4) is 0 Å². The first-order valence-corrected chi connectivity index (χ1v) is 16.9. The van der Waals surface area contributed by atoms with Gasteiger partial charge in [0.25, 0.3) is 0 Å². The number of likely N-dealkylation sites (tertiary alicyclic amines) is 1. The van der Waals surface area contributed by atoms with Crippen LogP contribution in [0.4, 0.5) is 4.79 Å². The van der Waals surface area contributed by atoms with E-state index in [2.05, 4.69) is 20.9 Å². The number of hydrogen-bond acceptors (Lipinski definition) is 8. The molecule has 2 aromatic rings. The third kappa shape index (κ3) is 10.8. The topological polar surface area (TPSA) is 150 Å². The molecule has 2 heterocycles. The second-order valence-electron chi connectivity index (χ2n) is 14.1. The molecule has 1 aliphatic heterocycles. The molecule has 0 spiro atoms. The molecule has 1 fully saturated rings. The van der Waals surface area contributed by atoms with Gasteiger partial charge in [-0.25, -0.2) is 9.78 Å². The number of unbranched alkanes of at least 4 members (excludes halogenated alkanes) is 2. The number of hydrogen-bond donors (Lipinski definition) is 4. The molecule has 4 atom stereocenters. The van der Waals surface area contributed by atoms with E-state index in [-0.39, 0.29) is 37.2 Å². The Labute approximate surface area is 276 Å². The number of alkyl carbamates (subject to hydrolysis) is 1. The van der Waals surface area contributed by atoms with Crippen molar-refractivity contribution >= 4 is 35.2 Å². The predicted octanol–water partition coefficient (Wildman–Crippen LogP) is 4.87. The number of ether oxygens (including phenoxy) is 1. The van der Waals surface area contributed by atoms with Crippen LogP contribution in [0, 0.1) is 12.3 Å². The van der Waals surface area contributed by atoms with Gasteiger partial charge >= 0.3 is 6.09 Å². The monoisotopic (exact) mass is 657 g/mol. The third-order valence-electron chi connectivity index (χ3n) is 7.81. The van der Waals surface area contributed by atoms with Gasteiger partial charge in [0.2, 0.25) is 17.7 Å². The van der Waals surface area contributed by atoms with Gasteiger partial charge in [0.15, 0.2) is 0 Å². The summed E-state index contributed by atoms with van der Waals surface area (Å²) in [5.41, 5.74) is 3.56. The highest BCUT2D eigenvalue weighted by Crippen LogP contribution is 2.29. The first-order valence-electron chi connectivity index (χ1n) is 16.0. The van der Waals surface area contributed by atoms with Gasteiger partial charge in [0.05, 0.1) is 28.2 Å². The van der Waals surface area contributed by atoms with Crippen molar-refractivity contribution in [3.8, 4) is 10.4 Å². The van der Waals surface area contributed by atoms with Gasteiger partial charge in [-0.3, -0.25) is 14.4 Å². The van der Waals surface area contributed by atoms with Crippen LogP contribution in [0.15, 0.2) is 29.8 Å². The Morgan fingerprint density at radius 3 is 2.30 bits per heavy atom. The Morgan fingerprint density at radius 1 is 1.04 bits per heavy atom. The summed E-state index contributed by atoms with van der Waals surface area (Å²) in [5, 5.41) is 19.1. The van der Waals surface area contributed by atoms with Crippen LogP contribution < -0.4 is 16.0 Å². The number of β-amino-alcohol motifs (C(OH)–C–C–N with tert-alkyl or cyclic N) is 1. The van der Waals surface area contributed by atoms with Crippen LogP contribution in [0.1, 0.15) is 97.9 Å². The lowest BCUT2D eigenvalue weighted by Crippen LogP contribution is -2.57. The zero-order valence-electron chi connectivity index (χ0n) is 28.4. The van der Waals surface area contributed by atoms with Crippen LogP contribution in [0.2, 0.25) is 0 Å². The van der Waals surface area contributed by atoms with Gasteiger partial charge in [0.1, 0.15) is 17.7 Å². The first-order chi connectivity index (χ1) is 21.5. The number of aromatic nitrogens is 1. The van der Waals surface area contributed by atoms with Crippen molar-refractivity contribution in [1.82, 2.24) is 25.8 Å². The van der Waals surface area contributed by atoms with Crippen molar-refractivity contribution in [3.63, 3.8) is 0 Å². The number of carbonyl (C=O) groups excluding carboxylic acids is 4. The fraction of sp³-hybridized carbons (Fsp3) is 0.618. The molecule has 0 bridgehead atoms. The highest BCUT2D eigenvalue weighted by Gasteiger charge is 2.44. The SMILES string of the molecule is Cc1ncsc1-c1ccc([C@H](C)NC(=O)[C@@H]2C[C@@H](O)CN2C(=O)[C@@H](NC(=O)CCCCCNC(=O)OC(C)(C)C)C(C)(C)C)cc1. The highest BCUT2D eigenvalue weighted by atomic mass is 32.1. The Morgan fingerprint density at radius 2 is 1.72 bits per heavy atom. The molecular formula is C34H51N5O6S. The van der Waals surface area contributed by atoms with Crippen molar-refractivity contribution in [3.05, 3.63) is 41.0 Å². The minimum Gasteiger partial charge on any atom is -0.444 e. The number of aliphatic hydroxyl groups is 1. The number of amides is 4. The van der Waals surface area contributed by atoms with Crippen LogP contribution >= 0.6 is 11.3 Å². The van der Waals surface area contributed by atoms with Gasteiger partial charge < -0.3 is 30.7 Å². The fourth-order valence-corrected chi connectivity index (χ4v) is 6.15. The van der Waals surface area contributed by atoms with Crippen molar-refractivity contribution < 1.29 is 29.0 Å². The third-order valence-corrected chi connectivity index (χ3v) is 8.79. The Balaban J connectivity index is 1.55. The second kappa shape index (κ2) is 15.9. The molecule has 0 unspecified atom stereocenters. The Kier molecular flexibility index (Phi) is 12.7. The normalized spacial score (nSPS) is 18.1. The molecule has 1 saturated heterocycles. The first kappa shape index (κ1) is 37.0. The van der Waals surface area contributed by atoms with Gasteiger partial charge in [0, 0.05) is 25.9 Å². The van der Waals surface area contributed by atoms with E-state index in [4.69, 9.17) is 4.74 Å². The smallest absolute Gasteiger partial charge is 0.407 e. The molecule has 4 amide bonds. The van der Waals surface area contributed by atoms with Crippen molar-refractivity contribution in [2.24, 2.45) is 5.41 Å². The van der Waals surface area contributed by atoms with Crippen LogP contribution in [0.25, 0.3) is 10.4 Å². The van der Waals surface area contributed by atoms with E-state index in [1.165, 1.54) is 4.90 Å². The maximum Gasteiger partial charge on any atom is 0.407 e. The number of aliphatic hydroxyl groups excluding tert-OH is 1. The average Bonchev–Trinajstić information content (AvgIpc) is 3.57. The van der Waals surface area contributed by atoms with E-state index in [1.807, 2.05) is 64.4 Å². The minimum absolute atomic E-state index is 0.0152. The molecule has 1 aliphatic rings. The predicted molar refractivity (Wildman–Crippen MR) is 179 cm³/mol. The highest BCUT2D eigenvalue weighted by molar-refractivity contribution is 7.13. The van der Waals surface area contributed by atoms with E-state index in [1.54, 1.807) is 32.1 Å². The number of nitrogens with one attached hydrogen (secondary N) is 3. The number of carbonyl (C=O) groups is 4. The lowest BCUT2D eigenvalue weighted by Gasteiger charge is -2.35. The molecule has 0 radical (unpaired) electrons. The van der Waals surface area contributed by atoms with Crippen LogP contribution in [-0.4, -0.2) is 75.7 Å². The van der Waals surface area contributed by atoms with E-state index >= 15 is 0 Å². The summed E-state index contributed by atoms with van der Waals surface area (Å²) in [7, 11) is 0. The zero-order chi connectivity index (χ0) is 34.2. The van der Waals surface area contributed by atoms with Crippen LogP contribution in [-0.2, 0) is 19.1 Å². The lowest BCUT2D eigenvalue weighted by molar-refractivity contribution is -0.144. The molecule has 11 nitrogen and oxygen atoms in total. The molecular weight excluding hydrogens is 606 g/mol. The van der Waals surface area contributed by atoms with Gasteiger partial charge in [-0.2, -0.15) is 0 Å². The van der Waals surface area contributed by atoms with Crippen molar-refractivity contribution in [1.29, 1.82) is 0 Å². The molecule has 0 aliphatic carbocycles. The molecule has 1 aromatic heterocycles. The fourth-order valence-electron chi connectivity index (χ4n) is 5.34. The summed E-state index contributed by atoms with van der Waals surface area (Å²) in [6.07, 6.45) is 1.01. The maximum atomic E-state index is 13.9. The van der Waals surface area contributed by atoms with Gasteiger partial charge in [-0.1, -0.05) is 51.5 Å². The standard InChI is InChI=1S/C34H51N5O6S/c1-21(23-13-15-24(16-14-23)28-22(2)36-20-46-28)37-30(42)26-18-25(40)19-39(26)31(43)29(33(3,4)5)38-27(41)12-10-9-11-17-35-32(44)45-34(6,7)8/h13-16,20-21,25-26,29,40H,9-12,17-19H2,1-8H3,(H,35,44)(H,37,42)(H,38,41)/t21-,25+,26-,29+/m0/s1. The molecule has 0 saturated carbocycles. The molecule has 3 rings (SSSR count). The van der Waals surface area contributed by atoms with Crippen molar-refractivity contribution in [2.45, 2.75) is 117 Å². The molecule has 46 heavy (non-hydrogen) atoms. The van der Waals surface area contributed by atoms with E-state index in [9.17, 15) is 24.3 Å². The summed E-state index contributed by atoms with van der Waals surface area (Å²) in [5.74, 6) is -1.01. The summed E-state index contributed by atoms with van der Waals surface area (Å²) >= 11 is 1.58. The largest absolute Gasteiger partial charge is 0.444 e. The van der Waals surface area contributed by atoms with E-state index < -0.39 is 41.2 Å².